The third-order valence-electron chi connectivity index (χ3n) is 4.07. The molecule has 1 fully saturated rings. The molecular weight excluding hydrogens is 282 g/mol. The van der Waals surface area contributed by atoms with Crippen molar-refractivity contribution in [3.63, 3.8) is 0 Å². The average Bonchev–Trinajstić information content (AvgIpc) is 3.28. The number of benzene rings is 2. The van der Waals surface area contributed by atoms with E-state index in [0.717, 1.165) is 22.1 Å². The van der Waals surface area contributed by atoms with Gasteiger partial charge in [0.05, 0.1) is 13.5 Å². The van der Waals surface area contributed by atoms with Crippen LogP contribution in [0.4, 0.5) is 0 Å². The SMILES string of the molecule is COc1ccc2cccc(CC(=O)NC3(C(=O)O)CC3)c2c1. The van der Waals surface area contributed by atoms with E-state index in [9.17, 15) is 9.59 Å². The van der Waals surface area contributed by atoms with Crippen LogP contribution in [-0.4, -0.2) is 29.6 Å². The predicted octanol–water partition coefficient (Wildman–Crippen LogP) is 2.12. The maximum absolute atomic E-state index is 12.2. The summed E-state index contributed by atoms with van der Waals surface area (Å²) in [6, 6.07) is 11.4. The number of fused-ring (bicyclic) bond motifs is 1. The second-order valence-electron chi connectivity index (χ2n) is 5.62. The van der Waals surface area contributed by atoms with Crippen molar-refractivity contribution in [2.24, 2.45) is 0 Å². The predicted molar refractivity (Wildman–Crippen MR) is 81.9 cm³/mol. The second-order valence-corrected chi connectivity index (χ2v) is 5.62. The molecule has 0 aliphatic heterocycles. The number of hydrogen-bond donors (Lipinski definition) is 2. The molecule has 0 atom stereocenters. The first-order valence-electron chi connectivity index (χ1n) is 7.14. The van der Waals surface area contributed by atoms with Crippen LogP contribution in [0.2, 0.25) is 0 Å². The molecule has 22 heavy (non-hydrogen) atoms. The van der Waals surface area contributed by atoms with E-state index in [4.69, 9.17) is 9.84 Å². The van der Waals surface area contributed by atoms with Crippen LogP contribution in [0, 0.1) is 0 Å². The lowest BCUT2D eigenvalue weighted by Crippen LogP contribution is -2.43. The molecule has 2 N–H and O–H groups in total. The van der Waals surface area contributed by atoms with E-state index >= 15 is 0 Å². The molecular formula is C17H17NO4. The summed E-state index contributed by atoms with van der Waals surface area (Å²) in [4.78, 5) is 23.3. The monoisotopic (exact) mass is 299 g/mol. The molecule has 2 aromatic carbocycles. The highest BCUT2D eigenvalue weighted by atomic mass is 16.5. The Labute approximate surface area is 127 Å². The minimum absolute atomic E-state index is 0.152. The van der Waals surface area contributed by atoms with Crippen molar-refractivity contribution in [3.05, 3.63) is 42.0 Å². The fourth-order valence-electron chi connectivity index (χ4n) is 2.60. The van der Waals surface area contributed by atoms with Crippen molar-refractivity contribution in [2.45, 2.75) is 24.8 Å². The lowest BCUT2D eigenvalue weighted by molar-refractivity contribution is -0.143. The fourth-order valence-corrected chi connectivity index (χ4v) is 2.60. The number of nitrogens with one attached hydrogen (secondary N) is 1. The summed E-state index contributed by atoms with van der Waals surface area (Å²) in [5.74, 6) is -0.500. The van der Waals surface area contributed by atoms with Crippen molar-refractivity contribution in [1.29, 1.82) is 0 Å². The number of rotatable bonds is 5. The number of carbonyl (C=O) groups excluding carboxylic acids is 1. The van der Waals surface area contributed by atoms with Gasteiger partial charge in [-0.15, -0.1) is 0 Å². The Balaban J connectivity index is 1.84. The number of amides is 1. The lowest BCUT2D eigenvalue weighted by atomic mass is 10.0. The summed E-state index contributed by atoms with van der Waals surface area (Å²) in [5, 5.41) is 13.7. The quantitative estimate of drug-likeness (QED) is 0.886. The van der Waals surface area contributed by atoms with E-state index in [2.05, 4.69) is 5.32 Å². The van der Waals surface area contributed by atoms with Crippen LogP contribution in [0.15, 0.2) is 36.4 Å². The Kier molecular flexibility index (Phi) is 3.48. The molecule has 5 heteroatoms. The third-order valence-corrected chi connectivity index (χ3v) is 4.07. The van der Waals surface area contributed by atoms with E-state index in [0.29, 0.717) is 12.8 Å². The van der Waals surface area contributed by atoms with Gasteiger partial charge in [0.2, 0.25) is 5.91 Å². The maximum atomic E-state index is 12.2. The van der Waals surface area contributed by atoms with Crippen LogP contribution >= 0.6 is 0 Å². The molecule has 2 aromatic rings. The van der Waals surface area contributed by atoms with E-state index in [-0.39, 0.29) is 12.3 Å². The van der Waals surface area contributed by atoms with Crippen molar-refractivity contribution in [1.82, 2.24) is 5.32 Å². The van der Waals surface area contributed by atoms with Crippen molar-refractivity contribution in [3.8, 4) is 5.75 Å². The molecule has 0 aromatic heterocycles. The van der Waals surface area contributed by atoms with Crippen LogP contribution < -0.4 is 10.1 Å². The smallest absolute Gasteiger partial charge is 0.329 e. The van der Waals surface area contributed by atoms with Gasteiger partial charge >= 0.3 is 5.97 Å². The van der Waals surface area contributed by atoms with Crippen LogP contribution in [0.25, 0.3) is 10.8 Å². The number of hydrogen-bond acceptors (Lipinski definition) is 3. The number of carbonyl (C=O) groups is 2. The molecule has 5 nitrogen and oxygen atoms in total. The standard InChI is InChI=1S/C17H17NO4/c1-22-13-6-5-11-3-2-4-12(14(11)10-13)9-15(19)18-17(7-8-17)16(20)21/h2-6,10H,7-9H2,1H3,(H,18,19)(H,20,21). The fraction of sp³-hybridized carbons (Fsp3) is 0.294. The zero-order valence-corrected chi connectivity index (χ0v) is 12.3. The van der Waals surface area contributed by atoms with Gasteiger partial charge in [-0.1, -0.05) is 24.3 Å². The molecule has 1 aliphatic rings. The first-order valence-corrected chi connectivity index (χ1v) is 7.14. The number of carboxylic acid groups (broad SMARTS) is 1. The molecule has 1 saturated carbocycles. The van der Waals surface area contributed by atoms with Gasteiger partial charge in [-0.25, -0.2) is 4.79 Å². The first-order chi connectivity index (χ1) is 10.5. The highest BCUT2D eigenvalue weighted by molar-refractivity contribution is 5.94. The lowest BCUT2D eigenvalue weighted by Gasteiger charge is -2.13. The van der Waals surface area contributed by atoms with Crippen LogP contribution in [0.5, 0.6) is 5.75 Å². The third kappa shape index (κ3) is 2.62. The largest absolute Gasteiger partial charge is 0.497 e. The van der Waals surface area contributed by atoms with E-state index in [1.54, 1.807) is 7.11 Å². The Morgan fingerprint density at radius 2 is 2.05 bits per heavy atom. The summed E-state index contributed by atoms with van der Waals surface area (Å²) >= 11 is 0. The van der Waals surface area contributed by atoms with E-state index < -0.39 is 11.5 Å². The molecule has 0 unspecified atom stereocenters. The Morgan fingerprint density at radius 1 is 1.27 bits per heavy atom. The Morgan fingerprint density at radius 3 is 2.68 bits per heavy atom. The van der Waals surface area contributed by atoms with E-state index in [1.807, 2.05) is 36.4 Å². The zero-order valence-electron chi connectivity index (χ0n) is 12.3. The van der Waals surface area contributed by atoms with Crippen LogP contribution in [0.1, 0.15) is 18.4 Å². The molecule has 0 spiro atoms. The summed E-state index contributed by atoms with van der Waals surface area (Å²) in [6.07, 6.45) is 1.15. The second kappa shape index (κ2) is 5.33. The van der Waals surface area contributed by atoms with Gasteiger partial charge in [0.15, 0.2) is 0 Å². The Bertz CT molecular complexity index is 749. The number of methoxy groups -OCH3 is 1. The topological polar surface area (TPSA) is 75.6 Å². The molecule has 1 aliphatic carbocycles. The molecule has 0 saturated heterocycles. The first kappa shape index (κ1) is 14.4. The number of carboxylic acids is 1. The van der Waals surface area contributed by atoms with Crippen molar-refractivity contribution in [2.75, 3.05) is 7.11 Å². The molecule has 3 rings (SSSR count). The highest BCUT2D eigenvalue weighted by Crippen LogP contribution is 2.35. The number of aliphatic carboxylic acids is 1. The normalized spacial score (nSPS) is 15.3. The highest BCUT2D eigenvalue weighted by Gasteiger charge is 2.51. The van der Waals surface area contributed by atoms with Gasteiger partial charge in [0.25, 0.3) is 0 Å². The molecule has 0 heterocycles. The average molecular weight is 299 g/mol. The summed E-state index contributed by atoms with van der Waals surface area (Å²) in [6.45, 7) is 0. The van der Waals surface area contributed by atoms with Crippen molar-refractivity contribution >= 4 is 22.6 Å². The minimum Gasteiger partial charge on any atom is -0.497 e. The molecule has 0 radical (unpaired) electrons. The maximum Gasteiger partial charge on any atom is 0.329 e. The van der Waals surface area contributed by atoms with Gasteiger partial charge < -0.3 is 15.2 Å². The zero-order chi connectivity index (χ0) is 15.7. The van der Waals surface area contributed by atoms with Crippen LogP contribution in [0.3, 0.4) is 0 Å². The molecule has 1 amide bonds. The summed E-state index contributed by atoms with van der Waals surface area (Å²) < 4.78 is 5.23. The Hall–Kier alpha value is -2.56. The molecule has 114 valence electrons. The number of ether oxygens (including phenoxy) is 1. The van der Waals surface area contributed by atoms with Crippen molar-refractivity contribution < 1.29 is 19.4 Å². The molecule has 0 bridgehead atoms. The van der Waals surface area contributed by atoms with Gasteiger partial charge in [0.1, 0.15) is 11.3 Å². The van der Waals surface area contributed by atoms with Crippen LogP contribution in [-0.2, 0) is 16.0 Å². The van der Waals surface area contributed by atoms with Gasteiger partial charge in [0, 0.05) is 0 Å². The summed E-state index contributed by atoms with van der Waals surface area (Å²) in [5.41, 5.74) is -0.186. The van der Waals surface area contributed by atoms with Gasteiger partial charge in [-0.3, -0.25) is 4.79 Å². The van der Waals surface area contributed by atoms with E-state index in [1.165, 1.54) is 0 Å². The van der Waals surface area contributed by atoms with Gasteiger partial charge in [-0.05, 0) is 41.3 Å². The summed E-state index contributed by atoms with van der Waals surface area (Å²) in [7, 11) is 1.60. The van der Waals surface area contributed by atoms with Gasteiger partial charge in [-0.2, -0.15) is 0 Å². The minimum atomic E-state index is -1.04.